The van der Waals surface area contributed by atoms with Crippen molar-refractivity contribution in [2.45, 2.75) is 38.3 Å². The average Bonchev–Trinajstić information content (AvgIpc) is 2.90. The van der Waals surface area contributed by atoms with E-state index in [-0.39, 0.29) is 24.1 Å². The van der Waals surface area contributed by atoms with Gasteiger partial charge >= 0.3 is 6.03 Å². The predicted molar refractivity (Wildman–Crippen MR) is 116 cm³/mol. The van der Waals surface area contributed by atoms with Crippen LogP contribution in [0.3, 0.4) is 0 Å². The number of β-amino-alcohol motifs (C(OH)–C–C–N with tert-alkyl or cyclic N) is 1. The minimum atomic E-state index is -1.34. The fourth-order valence-corrected chi connectivity index (χ4v) is 4.08. The number of aliphatic hydroxyl groups is 1. The SMILES string of the molecule is CC(C)c1ccccc1OCC(O)CN1C(=O)NC(C)(c2ccc(Cl)cc2Cl)C1=O. The van der Waals surface area contributed by atoms with E-state index >= 15 is 0 Å². The van der Waals surface area contributed by atoms with Gasteiger partial charge in [0.05, 0.1) is 6.54 Å². The second kappa shape index (κ2) is 8.84. The van der Waals surface area contributed by atoms with Crippen LogP contribution in [0.25, 0.3) is 0 Å². The molecular formula is C22H24Cl2N2O4. The lowest BCUT2D eigenvalue weighted by Crippen LogP contribution is -2.43. The lowest BCUT2D eigenvalue weighted by Gasteiger charge is -2.24. The number of amides is 3. The summed E-state index contributed by atoms with van der Waals surface area (Å²) < 4.78 is 5.75. The van der Waals surface area contributed by atoms with Crippen LogP contribution in [0.5, 0.6) is 5.75 Å². The van der Waals surface area contributed by atoms with E-state index in [1.54, 1.807) is 19.1 Å². The lowest BCUT2D eigenvalue weighted by molar-refractivity contribution is -0.132. The zero-order valence-corrected chi connectivity index (χ0v) is 18.5. The summed E-state index contributed by atoms with van der Waals surface area (Å²) in [6, 6.07) is 11.7. The number of imide groups is 1. The van der Waals surface area contributed by atoms with Crippen molar-refractivity contribution in [1.29, 1.82) is 0 Å². The molecule has 2 aromatic rings. The molecule has 0 bridgehead atoms. The van der Waals surface area contributed by atoms with Gasteiger partial charge in [0, 0.05) is 15.6 Å². The van der Waals surface area contributed by atoms with Gasteiger partial charge in [-0.05, 0) is 36.6 Å². The zero-order chi connectivity index (χ0) is 22.1. The predicted octanol–water partition coefficient (Wildman–Crippen LogP) is 4.32. The number of carbonyl (C=O) groups is 2. The molecule has 1 saturated heterocycles. The Morgan fingerprint density at radius 3 is 2.53 bits per heavy atom. The fourth-order valence-electron chi connectivity index (χ4n) is 3.48. The molecule has 2 N–H and O–H groups in total. The van der Waals surface area contributed by atoms with Crippen LogP contribution in [0.1, 0.15) is 37.8 Å². The molecule has 2 aromatic carbocycles. The molecule has 3 rings (SSSR count). The van der Waals surface area contributed by atoms with Gasteiger partial charge in [0.25, 0.3) is 5.91 Å². The molecule has 8 heteroatoms. The van der Waals surface area contributed by atoms with Crippen molar-refractivity contribution < 1.29 is 19.4 Å². The van der Waals surface area contributed by atoms with Crippen LogP contribution in [0.15, 0.2) is 42.5 Å². The van der Waals surface area contributed by atoms with E-state index in [1.165, 1.54) is 6.07 Å². The molecule has 1 fully saturated rings. The van der Waals surface area contributed by atoms with Crippen molar-refractivity contribution in [2.24, 2.45) is 0 Å². The number of carbonyl (C=O) groups excluding carboxylic acids is 2. The number of aliphatic hydroxyl groups excluding tert-OH is 1. The number of hydrogen-bond donors (Lipinski definition) is 2. The molecule has 1 aliphatic heterocycles. The smallest absolute Gasteiger partial charge is 0.325 e. The molecule has 3 amide bonds. The first-order valence-electron chi connectivity index (χ1n) is 9.63. The molecule has 1 aliphatic rings. The third-order valence-electron chi connectivity index (χ3n) is 5.11. The van der Waals surface area contributed by atoms with Crippen molar-refractivity contribution >= 4 is 35.1 Å². The van der Waals surface area contributed by atoms with Crippen molar-refractivity contribution in [2.75, 3.05) is 13.2 Å². The fraction of sp³-hybridized carbons (Fsp3) is 0.364. The van der Waals surface area contributed by atoms with E-state index in [0.717, 1.165) is 10.5 Å². The monoisotopic (exact) mass is 450 g/mol. The molecule has 0 saturated carbocycles. The zero-order valence-electron chi connectivity index (χ0n) is 17.0. The normalized spacial score (nSPS) is 19.9. The Bertz CT molecular complexity index is 966. The summed E-state index contributed by atoms with van der Waals surface area (Å²) in [6.45, 7) is 5.42. The largest absolute Gasteiger partial charge is 0.491 e. The van der Waals surface area contributed by atoms with Gasteiger partial charge in [-0.25, -0.2) is 4.79 Å². The van der Waals surface area contributed by atoms with E-state index in [1.807, 2.05) is 24.3 Å². The summed E-state index contributed by atoms with van der Waals surface area (Å²) in [5.41, 5.74) is 0.111. The first-order valence-corrected chi connectivity index (χ1v) is 10.4. The van der Waals surface area contributed by atoms with Gasteiger partial charge in [-0.2, -0.15) is 0 Å². The number of urea groups is 1. The maximum absolute atomic E-state index is 13.0. The molecule has 6 nitrogen and oxygen atoms in total. The van der Waals surface area contributed by atoms with Crippen molar-refractivity contribution in [3.8, 4) is 5.75 Å². The average molecular weight is 451 g/mol. The topological polar surface area (TPSA) is 78.9 Å². The number of nitrogens with zero attached hydrogens (tertiary/aromatic N) is 1. The highest BCUT2D eigenvalue weighted by Crippen LogP contribution is 2.35. The highest BCUT2D eigenvalue weighted by molar-refractivity contribution is 6.35. The first-order chi connectivity index (χ1) is 14.1. The number of para-hydroxylation sites is 1. The summed E-state index contributed by atoms with van der Waals surface area (Å²) >= 11 is 12.2. The quantitative estimate of drug-likeness (QED) is 0.615. The Kier molecular flexibility index (Phi) is 6.60. The summed E-state index contributed by atoms with van der Waals surface area (Å²) in [4.78, 5) is 26.5. The minimum absolute atomic E-state index is 0.0563. The number of benzene rings is 2. The van der Waals surface area contributed by atoms with Crippen LogP contribution >= 0.6 is 23.2 Å². The van der Waals surface area contributed by atoms with Crippen molar-refractivity contribution in [3.05, 3.63) is 63.6 Å². The third-order valence-corrected chi connectivity index (χ3v) is 5.66. The van der Waals surface area contributed by atoms with Crippen molar-refractivity contribution in [3.63, 3.8) is 0 Å². The van der Waals surface area contributed by atoms with Crippen LogP contribution in [0.4, 0.5) is 4.79 Å². The van der Waals surface area contributed by atoms with Gasteiger partial charge in [-0.15, -0.1) is 0 Å². The Hall–Kier alpha value is -2.28. The Morgan fingerprint density at radius 1 is 1.17 bits per heavy atom. The Morgan fingerprint density at radius 2 is 1.87 bits per heavy atom. The van der Waals surface area contributed by atoms with Gasteiger partial charge in [-0.1, -0.05) is 61.3 Å². The standard InChI is InChI=1S/C22H24Cl2N2O4/c1-13(2)16-6-4-5-7-19(16)30-12-15(27)11-26-20(28)22(3,25-21(26)29)17-9-8-14(23)10-18(17)24/h4-10,13,15,27H,11-12H2,1-3H3,(H,25,29). The number of halogens is 2. The van der Waals surface area contributed by atoms with E-state index < -0.39 is 23.6 Å². The van der Waals surface area contributed by atoms with Crippen LogP contribution < -0.4 is 10.1 Å². The van der Waals surface area contributed by atoms with E-state index in [9.17, 15) is 14.7 Å². The lowest BCUT2D eigenvalue weighted by atomic mass is 9.92. The van der Waals surface area contributed by atoms with Crippen LogP contribution in [0.2, 0.25) is 10.0 Å². The molecule has 0 spiro atoms. The third kappa shape index (κ3) is 4.41. The van der Waals surface area contributed by atoms with Crippen LogP contribution in [0, 0.1) is 0 Å². The molecular weight excluding hydrogens is 427 g/mol. The maximum atomic E-state index is 13.0. The van der Waals surface area contributed by atoms with Crippen molar-refractivity contribution in [1.82, 2.24) is 10.2 Å². The number of rotatable bonds is 7. The molecule has 1 heterocycles. The summed E-state index contributed by atoms with van der Waals surface area (Å²) in [6.07, 6.45) is -1.05. The number of hydrogen-bond acceptors (Lipinski definition) is 4. The van der Waals surface area contributed by atoms with E-state index in [4.69, 9.17) is 27.9 Å². The number of nitrogens with one attached hydrogen (secondary N) is 1. The van der Waals surface area contributed by atoms with Crippen LogP contribution in [-0.4, -0.2) is 41.2 Å². The molecule has 2 unspecified atom stereocenters. The van der Waals surface area contributed by atoms with Gasteiger partial charge in [0.15, 0.2) is 0 Å². The summed E-state index contributed by atoms with van der Waals surface area (Å²) in [7, 11) is 0. The van der Waals surface area contributed by atoms with Gasteiger partial charge < -0.3 is 15.2 Å². The highest BCUT2D eigenvalue weighted by atomic mass is 35.5. The van der Waals surface area contributed by atoms with Crippen LogP contribution in [-0.2, 0) is 10.3 Å². The molecule has 2 atom stereocenters. The molecule has 0 aromatic heterocycles. The molecule has 0 aliphatic carbocycles. The summed E-state index contributed by atoms with van der Waals surface area (Å²) in [5.74, 6) is 0.425. The molecule has 30 heavy (non-hydrogen) atoms. The second-order valence-corrected chi connectivity index (χ2v) is 8.60. The maximum Gasteiger partial charge on any atom is 0.325 e. The van der Waals surface area contributed by atoms with Gasteiger partial charge in [0.1, 0.15) is 24.0 Å². The second-order valence-electron chi connectivity index (χ2n) is 7.75. The molecule has 0 radical (unpaired) electrons. The highest BCUT2D eigenvalue weighted by Gasteiger charge is 2.50. The minimum Gasteiger partial charge on any atom is -0.491 e. The van der Waals surface area contributed by atoms with E-state index in [0.29, 0.717) is 16.3 Å². The summed E-state index contributed by atoms with van der Waals surface area (Å²) in [5, 5.41) is 13.8. The van der Waals surface area contributed by atoms with E-state index in [2.05, 4.69) is 19.2 Å². The first kappa shape index (κ1) is 22.4. The molecule has 160 valence electrons. The Labute approximate surface area is 185 Å². The van der Waals surface area contributed by atoms with Gasteiger partial charge in [0.2, 0.25) is 0 Å². The number of ether oxygens (including phenoxy) is 1. The van der Waals surface area contributed by atoms with Gasteiger partial charge in [-0.3, -0.25) is 9.69 Å². The Balaban J connectivity index is 1.70.